The second-order valence-corrected chi connectivity index (χ2v) is 5.00. The fourth-order valence-electron chi connectivity index (χ4n) is 2.64. The second kappa shape index (κ2) is 6.76. The summed E-state index contributed by atoms with van der Waals surface area (Å²) in [5.41, 5.74) is 0. The molecule has 1 heterocycles. The molecule has 1 aromatic rings. The highest BCUT2D eigenvalue weighted by molar-refractivity contribution is 5.20. The molecule has 100 valence electrons. The number of nitrogens with zero attached hydrogens (tertiary/aromatic N) is 1. The van der Waals surface area contributed by atoms with Gasteiger partial charge >= 0.3 is 0 Å². The van der Waals surface area contributed by atoms with E-state index in [4.69, 9.17) is 4.74 Å². The zero-order chi connectivity index (χ0) is 12.8. The van der Waals surface area contributed by atoms with Crippen LogP contribution < -0.4 is 4.74 Å². The Balaban J connectivity index is 1.78. The summed E-state index contributed by atoms with van der Waals surface area (Å²) in [6, 6.07) is 10.2. The van der Waals surface area contributed by atoms with E-state index in [9.17, 15) is 5.11 Å². The summed E-state index contributed by atoms with van der Waals surface area (Å²) < 4.78 is 5.71. The summed E-state index contributed by atoms with van der Waals surface area (Å²) in [6.45, 7) is 4.55. The van der Waals surface area contributed by atoms with Crippen molar-refractivity contribution in [2.24, 2.45) is 0 Å². The molecule has 0 bridgehead atoms. The van der Waals surface area contributed by atoms with Gasteiger partial charge in [-0.1, -0.05) is 24.6 Å². The lowest BCUT2D eigenvalue weighted by molar-refractivity contribution is 0.0293. The molecule has 1 fully saturated rings. The summed E-state index contributed by atoms with van der Waals surface area (Å²) in [6.07, 6.45) is 3.31. The Morgan fingerprint density at radius 2 is 2.11 bits per heavy atom. The van der Waals surface area contributed by atoms with E-state index in [0.29, 0.717) is 12.6 Å². The maximum absolute atomic E-state index is 9.78. The Bertz CT molecular complexity index is 340. The Hall–Kier alpha value is -1.06. The quantitative estimate of drug-likeness (QED) is 0.869. The zero-order valence-electron chi connectivity index (χ0n) is 11.1. The molecule has 0 spiro atoms. The topological polar surface area (TPSA) is 32.7 Å². The number of likely N-dealkylation sites (tertiary alicyclic amines) is 1. The normalized spacial score (nSPS) is 22.7. The standard InChI is InChI=1S/C15H23NO2/c1-13(17)15-9-5-6-10-16(15)11-12-18-14-7-3-2-4-8-14/h2-4,7-8,13,15,17H,5-6,9-12H2,1H3. The van der Waals surface area contributed by atoms with E-state index in [1.54, 1.807) is 0 Å². The Morgan fingerprint density at radius 1 is 1.33 bits per heavy atom. The van der Waals surface area contributed by atoms with Gasteiger partial charge in [-0.2, -0.15) is 0 Å². The van der Waals surface area contributed by atoms with Gasteiger partial charge in [0.15, 0.2) is 0 Å². The smallest absolute Gasteiger partial charge is 0.119 e. The van der Waals surface area contributed by atoms with Gasteiger partial charge in [0.1, 0.15) is 12.4 Å². The lowest BCUT2D eigenvalue weighted by Crippen LogP contribution is -2.47. The number of piperidine rings is 1. The average molecular weight is 249 g/mol. The highest BCUT2D eigenvalue weighted by Gasteiger charge is 2.25. The number of aliphatic hydroxyl groups is 1. The number of hydrogen-bond donors (Lipinski definition) is 1. The van der Waals surface area contributed by atoms with E-state index in [2.05, 4.69) is 4.90 Å². The van der Waals surface area contributed by atoms with Crippen molar-refractivity contribution in [1.29, 1.82) is 0 Å². The van der Waals surface area contributed by atoms with Gasteiger partial charge in [0.05, 0.1) is 6.10 Å². The maximum atomic E-state index is 9.78. The van der Waals surface area contributed by atoms with Crippen LogP contribution in [0.2, 0.25) is 0 Å². The molecule has 0 aliphatic carbocycles. The van der Waals surface area contributed by atoms with Crippen molar-refractivity contribution in [1.82, 2.24) is 4.90 Å². The first-order valence-corrected chi connectivity index (χ1v) is 6.87. The van der Waals surface area contributed by atoms with E-state index in [-0.39, 0.29) is 6.10 Å². The first-order chi connectivity index (χ1) is 8.77. The third-order valence-corrected chi connectivity index (χ3v) is 3.61. The molecule has 0 radical (unpaired) electrons. The van der Waals surface area contributed by atoms with Crippen LogP contribution in [0.3, 0.4) is 0 Å². The molecule has 0 saturated carbocycles. The molecule has 2 unspecified atom stereocenters. The van der Waals surface area contributed by atoms with Crippen LogP contribution in [-0.2, 0) is 0 Å². The minimum atomic E-state index is -0.248. The molecule has 0 aromatic heterocycles. The third-order valence-electron chi connectivity index (χ3n) is 3.61. The average Bonchev–Trinajstić information content (AvgIpc) is 2.40. The predicted octanol–water partition coefficient (Wildman–Crippen LogP) is 2.30. The van der Waals surface area contributed by atoms with Crippen molar-refractivity contribution >= 4 is 0 Å². The predicted molar refractivity (Wildman–Crippen MR) is 72.8 cm³/mol. The van der Waals surface area contributed by atoms with Gasteiger partial charge in [-0.15, -0.1) is 0 Å². The molecule has 1 N–H and O–H groups in total. The summed E-state index contributed by atoms with van der Waals surface area (Å²) in [5, 5.41) is 9.78. The van der Waals surface area contributed by atoms with Crippen LogP contribution in [0, 0.1) is 0 Å². The van der Waals surface area contributed by atoms with Crippen molar-refractivity contribution in [3.05, 3.63) is 30.3 Å². The molecule has 2 atom stereocenters. The lowest BCUT2D eigenvalue weighted by atomic mass is 9.98. The molecule has 18 heavy (non-hydrogen) atoms. The van der Waals surface area contributed by atoms with Gasteiger partial charge < -0.3 is 9.84 Å². The molecule has 1 aromatic carbocycles. The van der Waals surface area contributed by atoms with Crippen molar-refractivity contribution in [2.45, 2.75) is 38.3 Å². The van der Waals surface area contributed by atoms with Crippen LogP contribution in [0.1, 0.15) is 26.2 Å². The number of para-hydroxylation sites is 1. The third kappa shape index (κ3) is 3.72. The fourth-order valence-corrected chi connectivity index (χ4v) is 2.64. The number of benzene rings is 1. The van der Waals surface area contributed by atoms with Crippen LogP contribution in [0.4, 0.5) is 0 Å². The highest BCUT2D eigenvalue weighted by atomic mass is 16.5. The van der Waals surface area contributed by atoms with E-state index < -0.39 is 0 Å². The van der Waals surface area contributed by atoms with E-state index >= 15 is 0 Å². The Morgan fingerprint density at radius 3 is 2.83 bits per heavy atom. The molecule has 1 saturated heterocycles. The first kappa shape index (κ1) is 13.4. The summed E-state index contributed by atoms with van der Waals surface area (Å²) in [7, 11) is 0. The van der Waals surface area contributed by atoms with E-state index in [1.165, 1.54) is 12.8 Å². The molecular weight excluding hydrogens is 226 g/mol. The minimum absolute atomic E-state index is 0.248. The maximum Gasteiger partial charge on any atom is 0.119 e. The molecule has 0 amide bonds. The van der Waals surface area contributed by atoms with Gasteiger partial charge in [0.2, 0.25) is 0 Å². The van der Waals surface area contributed by atoms with E-state index in [0.717, 1.165) is 25.3 Å². The van der Waals surface area contributed by atoms with E-state index in [1.807, 2.05) is 37.3 Å². The van der Waals surface area contributed by atoms with Crippen molar-refractivity contribution in [3.8, 4) is 5.75 Å². The van der Waals surface area contributed by atoms with Crippen LogP contribution in [0.5, 0.6) is 5.75 Å². The number of aliphatic hydroxyl groups excluding tert-OH is 1. The molecule has 3 nitrogen and oxygen atoms in total. The molecule has 1 aliphatic rings. The molecule has 1 aliphatic heterocycles. The zero-order valence-corrected chi connectivity index (χ0v) is 11.1. The number of hydrogen-bond acceptors (Lipinski definition) is 3. The molecule has 3 heteroatoms. The summed E-state index contributed by atoms with van der Waals surface area (Å²) in [5.74, 6) is 0.920. The summed E-state index contributed by atoms with van der Waals surface area (Å²) in [4.78, 5) is 2.36. The van der Waals surface area contributed by atoms with Gasteiger partial charge in [-0.3, -0.25) is 4.90 Å². The van der Waals surface area contributed by atoms with Gasteiger partial charge in [0, 0.05) is 12.6 Å². The summed E-state index contributed by atoms with van der Waals surface area (Å²) >= 11 is 0. The fraction of sp³-hybridized carbons (Fsp3) is 0.600. The second-order valence-electron chi connectivity index (χ2n) is 5.00. The number of ether oxygens (including phenoxy) is 1. The monoisotopic (exact) mass is 249 g/mol. The van der Waals surface area contributed by atoms with Crippen molar-refractivity contribution < 1.29 is 9.84 Å². The van der Waals surface area contributed by atoms with Gasteiger partial charge in [0.25, 0.3) is 0 Å². The Kier molecular flexibility index (Phi) is 5.02. The first-order valence-electron chi connectivity index (χ1n) is 6.87. The van der Waals surface area contributed by atoms with Crippen molar-refractivity contribution in [3.63, 3.8) is 0 Å². The van der Waals surface area contributed by atoms with Gasteiger partial charge in [-0.05, 0) is 38.4 Å². The molecule has 2 rings (SSSR count). The SMILES string of the molecule is CC(O)C1CCCCN1CCOc1ccccc1. The number of rotatable bonds is 5. The van der Waals surface area contributed by atoms with Crippen LogP contribution in [0.25, 0.3) is 0 Å². The Labute approximate surface area is 109 Å². The van der Waals surface area contributed by atoms with Crippen LogP contribution in [0.15, 0.2) is 30.3 Å². The van der Waals surface area contributed by atoms with Crippen molar-refractivity contribution in [2.75, 3.05) is 19.7 Å². The molecular formula is C15H23NO2. The minimum Gasteiger partial charge on any atom is -0.492 e. The van der Waals surface area contributed by atoms with Crippen LogP contribution in [-0.4, -0.2) is 41.8 Å². The highest BCUT2D eigenvalue weighted by Crippen LogP contribution is 2.19. The lowest BCUT2D eigenvalue weighted by Gasteiger charge is -2.37. The van der Waals surface area contributed by atoms with Gasteiger partial charge in [-0.25, -0.2) is 0 Å². The van der Waals surface area contributed by atoms with Crippen LogP contribution >= 0.6 is 0 Å². The largest absolute Gasteiger partial charge is 0.492 e.